The van der Waals surface area contributed by atoms with Crippen LogP contribution in [0, 0.1) is 15.9 Å². The van der Waals surface area contributed by atoms with Crippen molar-refractivity contribution in [1.82, 2.24) is 0 Å². The second-order valence-electron chi connectivity index (χ2n) is 2.45. The van der Waals surface area contributed by atoms with Gasteiger partial charge in [0.15, 0.2) is 0 Å². The van der Waals surface area contributed by atoms with E-state index in [2.05, 4.69) is 0 Å². The lowest BCUT2D eigenvalue weighted by molar-refractivity contribution is -0.497. The number of benzene rings is 1. The molecule has 0 amide bonds. The van der Waals surface area contributed by atoms with Gasteiger partial charge in [0.2, 0.25) is 6.54 Å². The third kappa shape index (κ3) is 2.69. The molecule has 1 aromatic carbocycles. The fourth-order valence-electron chi connectivity index (χ4n) is 0.922. The molecule has 13 heavy (non-hydrogen) atoms. The Labute approximate surface area is 79.1 Å². The van der Waals surface area contributed by atoms with Crippen LogP contribution in [0.3, 0.4) is 0 Å². The Hall–Kier alpha value is -1.10. The van der Waals surface area contributed by atoms with Crippen molar-refractivity contribution in [3.8, 4) is 0 Å². The van der Waals surface area contributed by atoms with E-state index >= 15 is 0 Å². The number of hydrogen-bond acceptors (Lipinski definition) is 3. The smallest absolute Gasteiger partial charge is 0.231 e. The molecule has 0 saturated carbocycles. The highest BCUT2D eigenvalue weighted by Crippen LogP contribution is 2.18. The molecule has 0 N–H and O–H groups in total. The minimum absolute atomic E-state index is 0.128. The minimum atomic E-state index is -0.544. The molecule has 5 heteroatoms. The van der Waals surface area contributed by atoms with Crippen LogP contribution in [0.5, 0.6) is 0 Å². The average Bonchev–Trinajstić information content (AvgIpc) is 2.08. The lowest BCUT2D eigenvalue weighted by Gasteiger charge is -2.00. The number of rotatable bonds is 3. The summed E-state index contributed by atoms with van der Waals surface area (Å²) in [5, 5.41) is 10.1. The Morgan fingerprint density at radius 2 is 2.31 bits per heavy atom. The van der Waals surface area contributed by atoms with Crippen molar-refractivity contribution >= 4 is 11.8 Å². The zero-order chi connectivity index (χ0) is 9.84. The van der Waals surface area contributed by atoms with Gasteiger partial charge in [-0.05, 0) is 24.5 Å². The largest absolute Gasteiger partial charge is 0.264 e. The van der Waals surface area contributed by atoms with E-state index < -0.39 is 17.3 Å². The van der Waals surface area contributed by atoms with Crippen LogP contribution in [0.15, 0.2) is 23.1 Å². The Morgan fingerprint density at radius 1 is 1.62 bits per heavy atom. The third-order valence-corrected chi connectivity index (χ3v) is 2.29. The van der Waals surface area contributed by atoms with Gasteiger partial charge >= 0.3 is 0 Å². The monoisotopic (exact) mass is 201 g/mol. The van der Waals surface area contributed by atoms with Gasteiger partial charge in [0.05, 0.1) is 5.56 Å². The van der Waals surface area contributed by atoms with Crippen molar-refractivity contribution in [3.05, 3.63) is 39.7 Å². The standard InChI is InChI=1S/C8H8FNO2S/c1-13-7-3-2-6(5-10(11)12)8(9)4-7/h2-4H,5H2,1H3. The summed E-state index contributed by atoms with van der Waals surface area (Å²) in [7, 11) is 0. The maximum atomic E-state index is 13.1. The first kappa shape index (κ1) is 9.98. The molecule has 0 unspecified atom stereocenters. The molecular formula is C8H8FNO2S. The van der Waals surface area contributed by atoms with Crippen molar-refractivity contribution in [2.24, 2.45) is 0 Å². The Kier molecular flexibility index (Phi) is 3.25. The summed E-state index contributed by atoms with van der Waals surface area (Å²) < 4.78 is 13.1. The molecule has 0 atom stereocenters. The number of nitrogens with zero attached hydrogens (tertiary/aromatic N) is 1. The van der Waals surface area contributed by atoms with Crippen molar-refractivity contribution in [2.75, 3.05) is 6.26 Å². The summed E-state index contributed by atoms with van der Waals surface area (Å²) in [6, 6.07) is 4.43. The molecule has 70 valence electrons. The van der Waals surface area contributed by atoms with Gasteiger partial charge in [0.1, 0.15) is 5.82 Å². The molecule has 0 aliphatic carbocycles. The molecule has 0 aliphatic rings. The van der Waals surface area contributed by atoms with Crippen molar-refractivity contribution in [3.63, 3.8) is 0 Å². The highest BCUT2D eigenvalue weighted by molar-refractivity contribution is 7.98. The first-order valence-corrected chi connectivity index (χ1v) is 4.80. The molecule has 0 saturated heterocycles. The normalized spacial score (nSPS) is 10.0. The fraction of sp³-hybridized carbons (Fsp3) is 0.250. The third-order valence-electron chi connectivity index (χ3n) is 1.56. The van der Waals surface area contributed by atoms with E-state index in [1.807, 2.05) is 6.26 Å². The van der Waals surface area contributed by atoms with Crippen LogP contribution < -0.4 is 0 Å². The highest BCUT2D eigenvalue weighted by Gasteiger charge is 2.08. The van der Waals surface area contributed by atoms with Gasteiger partial charge in [-0.1, -0.05) is 0 Å². The summed E-state index contributed by atoms with van der Waals surface area (Å²) in [4.78, 5) is 10.3. The molecule has 0 bridgehead atoms. The van der Waals surface area contributed by atoms with Crippen LogP contribution >= 0.6 is 11.8 Å². The van der Waals surface area contributed by atoms with Crippen LogP contribution in [-0.2, 0) is 6.54 Å². The predicted octanol–water partition coefficient (Wildman–Crippen LogP) is 2.32. The van der Waals surface area contributed by atoms with Gasteiger partial charge in [-0.15, -0.1) is 11.8 Å². The van der Waals surface area contributed by atoms with E-state index in [1.165, 1.54) is 23.9 Å². The van der Waals surface area contributed by atoms with E-state index in [1.54, 1.807) is 6.07 Å². The van der Waals surface area contributed by atoms with Crippen LogP contribution in [0.25, 0.3) is 0 Å². The molecule has 0 radical (unpaired) electrons. The molecule has 1 rings (SSSR count). The summed E-state index contributed by atoms with van der Waals surface area (Å²) in [6.07, 6.45) is 1.82. The maximum Gasteiger partial charge on any atom is 0.231 e. The number of nitro groups is 1. The van der Waals surface area contributed by atoms with Crippen LogP contribution in [0.4, 0.5) is 4.39 Å². The number of halogens is 1. The van der Waals surface area contributed by atoms with E-state index in [-0.39, 0.29) is 5.56 Å². The highest BCUT2D eigenvalue weighted by atomic mass is 32.2. The molecule has 1 aromatic rings. The molecule has 0 heterocycles. The van der Waals surface area contributed by atoms with Gasteiger partial charge < -0.3 is 0 Å². The second kappa shape index (κ2) is 4.23. The average molecular weight is 201 g/mol. The molecule has 0 spiro atoms. The zero-order valence-electron chi connectivity index (χ0n) is 6.99. The summed E-state index contributed by atoms with van der Waals surface area (Å²) in [5.74, 6) is -0.511. The first-order valence-electron chi connectivity index (χ1n) is 3.57. The Bertz CT molecular complexity index is 330. The SMILES string of the molecule is CSc1ccc(C[N+](=O)[O-])c(F)c1. The summed E-state index contributed by atoms with van der Waals surface area (Å²) in [6.45, 7) is -0.458. The van der Waals surface area contributed by atoms with Crippen molar-refractivity contribution < 1.29 is 9.31 Å². The van der Waals surface area contributed by atoms with E-state index in [9.17, 15) is 14.5 Å². The van der Waals surface area contributed by atoms with Gasteiger partial charge in [-0.3, -0.25) is 10.1 Å². The fourth-order valence-corrected chi connectivity index (χ4v) is 1.35. The van der Waals surface area contributed by atoms with Gasteiger partial charge in [-0.2, -0.15) is 0 Å². The number of hydrogen-bond donors (Lipinski definition) is 0. The quantitative estimate of drug-likeness (QED) is 0.428. The minimum Gasteiger partial charge on any atom is -0.264 e. The maximum absolute atomic E-state index is 13.1. The Morgan fingerprint density at radius 3 is 2.77 bits per heavy atom. The van der Waals surface area contributed by atoms with Crippen molar-refractivity contribution in [2.45, 2.75) is 11.4 Å². The second-order valence-corrected chi connectivity index (χ2v) is 3.33. The molecule has 3 nitrogen and oxygen atoms in total. The van der Waals surface area contributed by atoms with Gasteiger partial charge in [0.25, 0.3) is 0 Å². The molecule has 0 fully saturated rings. The summed E-state index contributed by atoms with van der Waals surface area (Å²) in [5.41, 5.74) is 0.128. The first-order chi connectivity index (χ1) is 6.13. The predicted molar refractivity (Wildman–Crippen MR) is 48.9 cm³/mol. The van der Waals surface area contributed by atoms with E-state index in [0.717, 1.165) is 4.90 Å². The van der Waals surface area contributed by atoms with E-state index in [4.69, 9.17) is 0 Å². The molecule has 0 aliphatic heterocycles. The molecular weight excluding hydrogens is 193 g/mol. The van der Waals surface area contributed by atoms with Crippen molar-refractivity contribution in [1.29, 1.82) is 0 Å². The molecule has 0 aromatic heterocycles. The lowest BCUT2D eigenvalue weighted by Crippen LogP contribution is -2.00. The number of thioether (sulfide) groups is 1. The topological polar surface area (TPSA) is 43.1 Å². The zero-order valence-corrected chi connectivity index (χ0v) is 7.81. The van der Waals surface area contributed by atoms with Gasteiger partial charge in [0, 0.05) is 9.82 Å². The van der Waals surface area contributed by atoms with Crippen LogP contribution in [0.1, 0.15) is 5.56 Å². The Balaban J connectivity index is 2.91. The van der Waals surface area contributed by atoms with E-state index in [0.29, 0.717) is 0 Å². The summed E-state index contributed by atoms with van der Waals surface area (Å²) >= 11 is 1.40. The van der Waals surface area contributed by atoms with Crippen LogP contribution in [0.2, 0.25) is 0 Å². The lowest BCUT2D eigenvalue weighted by atomic mass is 10.2. The van der Waals surface area contributed by atoms with Gasteiger partial charge in [-0.25, -0.2) is 4.39 Å². The van der Waals surface area contributed by atoms with Crippen LogP contribution in [-0.4, -0.2) is 11.2 Å².